The van der Waals surface area contributed by atoms with E-state index in [1.165, 1.54) is 22.3 Å². The second-order valence-corrected chi connectivity index (χ2v) is 6.57. The third-order valence-corrected chi connectivity index (χ3v) is 3.59. The van der Waals surface area contributed by atoms with Crippen molar-refractivity contribution in [2.75, 3.05) is 5.01 Å². The lowest BCUT2D eigenvalue weighted by Crippen LogP contribution is -2.59. The van der Waals surface area contributed by atoms with Crippen molar-refractivity contribution in [3.8, 4) is 0 Å². The normalized spacial score (nSPS) is 21.5. The maximum atomic E-state index is 12.6. The molecule has 1 heterocycles. The highest BCUT2D eigenvalue weighted by Crippen LogP contribution is 2.24. The number of carbonyl (C=O) groups is 2. The second kappa shape index (κ2) is 6.84. The lowest BCUT2D eigenvalue weighted by atomic mass is 9.90. The minimum absolute atomic E-state index is 0.356. The number of aromatic nitrogens is 3. The molecule has 1 aromatic heterocycles. The number of hydrogen-bond donors (Lipinski definition) is 2. The maximum Gasteiger partial charge on any atom is 0.430 e. The van der Waals surface area contributed by atoms with Crippen molar-refractivity contribution in [2.24, 2.45) is 0 Å². The Hall–Kier alpha value is -2.32. The van der Waals surface area contributed by atoms with E-state index < -0.39 is 17.8 Å². The highest BCUT2D eigenvalue weighted by atomic mass is 16.6. The zero-order valence-electron chi connectivity index (χ0n) is 13.6. The summed E-state index contributed by atoms with van der Waals surface area (Å²) in [4.78, 5) is 23.7. The predicted molar refractivity (Wildman–Crippen MR) is 81.7 cm³/mol. The Bertz CT molecular complexity index is 540. The topological polar surface area (TPSA) is 110 Å². The van der Waals surface area contributed by atoms with Crippen molar-refractivity contribution in [1.29, 1.82) is 0 Å². The average molecular weight is 325 g/mol. The molecule has 0 bridgehead atoms. The summed E-state index contributed by atoms with van der Waals surface area (Å²) in [6, 6.07) is -0.720. The van der Waals surface area contributed by atoms with E-state index in [-0.39, 0.29) is 12.1 Å². The Morgan fingerprint density at radius 2 is 1.87 bits per heavy atom. The summed E-state index contributed by atoms with van der Waals surface area (Å²) in [6.07, 6.45) is 4.29. The molecule has 0 spiro atoms. The van der Waals surface area contributed by atoms with E-state index in [2.05, 4.69) is 15.5 Å². The number of carbonyl (C=O) groups excluding carboxylic acids is 1. The molecule has 2 rings (SSSR count). The summed E-state index contributed by atoms with van der Waals surface area (Å²) in [6.45, 7) is 5.34. The summed E-state index contributed by atoms with van der Waals surface area (Å²) in [5.74, 6) is 0. The van der Waals surface area contributed by atoms with Crippen LogP contribution >= 0.6 is 0 Å². The Morgan fingerprint density at radius 1 is 1.26 bits per heavy atom. The zero-order valence-corrected chi connectivity index (χ0v) is 13.6. The fourth-order valence-electron chi connectivity index (χ4n) is 2.75. The molecule has 1 saturated carbocycles. The lowest BCUT2D eigenvalue weighted by molar-refractivity contribution is 0.0492. The van der Waals surface area contributed by atoms with Gasteiger partial charge in [0.1, 0.15) is 18.3 Å². The van der Waals surface area contributed by atoms with Gasteiger partial charge < -0.3 is 15.2 Å². The number of rotatable bonds is 3. The molecule has 1 aliphatic rings. The Balaban J connectivity index is 2.28. The molecular formula is C14H23N5O4. The SMILES string of the molecule is CC(C)(C)OC(=O)N(C1CCCCC1NC(=O)O)n1cnnc1. The van der Waals surface area contributed by atoms with E-state index in [0.717, 1.165) is 12.8 Å². The van der Waals surface area contributed by atoms with Crippen LogP contribution in [0, 0.1) is 0 Å². The van der Waals surface area contributed by atoms with E-state index in [1.54, 1.807) is 20.8 Å². The quantitative estimate of drug-likeness (QED) is 0.876. The Morgan fingerprint density at radius 3 is 2.43 bits per heavy atom. The van der Waals surface area contributed by atoms with E-state index in [0.29, 0.717) is 12.8 Å². The molecule has 1 aromatic rings. The van der Waals surface area contributed by atoms with Crippen LogP contribution in [0.15, 0.2) is 12.7 Å². The highest BCUT2D eigenvalue weighted by molar-refractivity contribution is 5.80. The van der Waals surface area contributed by atoms with Crippen LogP contribution in [-0.4, -0.2) is 49.9 Å². The van der Waals surface area contributed by atoms with Crippen LogP contribution in [-0.2, 0) is 4.74 Å². The first-order chi connectivity index (χ1) is 10.8. The fourth-order valence-corrected chi connectivity index (χ4v) is 2.75. The van der Waals surface area contributed by atoms with Crippen LogP contribution in [0.1, 0.15) is 46.5 Å². The molecule has 9 nitrogen and oxygen atoms in total. The van der Waals surface area contributed by atoms with E-state index >= 15 is 0 Å². The van der Waals surface area contributed by atoms with Crippen molar-refractivity contribution < 1.29 is 19.4 Å². The molecule has 23 heavy (non-hydrogen) atoms. The van der Waals surface area contributed by atoms with Crippen molar-refractivity contribution in [3.63, 3.8) is 0 Å². The number of nitrogens with zero attached hydrogens (tertiary/aromatic N) is 4. The van der Waals surface area contributed by atoms with Gasteiger partial charge in [-0.3, -0.25) is 0 Å². The molecule has 128 valence electrons. The van der Waals surface area contributed by atoms with Gasteiger partial charge in [0, 0.05) is 0 Å². The van der Waals surface area contributed by atoms with Crippen LogP contribution < -0.4 is 10.3 Å². The van der Waals surface area contributed by atoms with Gasteiger partial charge in [-0.05, 0) is 33.6 Å². The summed E-state index contributed by atoms with van der Waals surface area (Å²) >= 11 is 0. The molecule has 1 fully saturated rings. The average Bonchev–Trinajstić information content (AvgIpc) is 2.92. The van der Waals surface area contributed by atoms with Crippen molar-refractivity contribution >= 4 is 12.2 Å². The van der Waals surface area contributed by atoms with E-state index in [1.807, 2.05) is 0 Å². The van der Waals surface area contributed by atoms with Gasteiger partial charge in [0.25, 0.3) is 0 Å². The van der Waals surface area contributed by atoms with Gasteiger partial charge in [-0.2, -0.15) is 0 Å². The number of carboxylic acid groups (broad SMARTS) is 1. The molecule has 2 atom stereocenters. The van der Waals surface area contributed by atoms with Crippen LogP contribution in [0.5, 0.6) is 0 Å². The molecule has 1 aliphatic carbocycles. The molecule has 9 heteroatoms. The smallest absolute Gasteiger partial charge is 0.430 e. The Labute approximate surface area is 134 Å². The molecule has 0 aromatic carbocycles. The molecule has 0 saturated heterocycles. The van der Waals surface area contributed by atoms with Crippen LogP contribution in [0.25, 0.3) is 0 Å². The number of hydrogen-bond acceptors (Lipinski definition) is 5. The van der Waals surface area contributed by atoms with Crippen molar-refractivity contribution in [3.05, 3.63) is 12.7 Å². The molecule has 0 radical (unpaired) electrons. The number of nitrogens with one attached hydrogen (secondary N) is 1. The molecule has 2 unspecified atom stereocenters. The first-order valence-electron chi connectivity index (χ1n) is 7.64. The zero-order chi connectivity index (χ0) is 17.0. The minimum Gasteiger partial charge on any atom is -0.465 e. The van der Waals surface area contributed by atoms with Crippen LogP contribution in [0.2, 0.25) is 0 Å². The number of amides is 2. The van der Waals surface area contributed by atoms with E-state index in [4.69, 9.17) is 9.84 Å². The third kappa shape index (κ3) is 4.57. The number of ether oxygens (including phenoxy) is 1. The van der Waals surface area contributed by atoms with E-state index in [9.17, 15) is 9.59 Å². The summed E-state index contributed by atoms with van der Waals surface area (Å²) in [7, 11) is 0. The van der Waals surface area contributed by atoms with Gasteiger partial charge in [0.15, 0.2) is 0 Å². The first-order valence-corrected chi connectivity index (χ1v) is 7.64. The largest absolute Gasteiger partial charge is 0.465 e. The monoisotopic (exact) mass is 325 g/mol. The summed E-state index contributed by atoms with van der Waals surface area (Å²) in [5, 5.41) is 20.4. The van der Waals surface area contributed by atoms with Crippen molar-refractivity contribution in [1.82, 2.24) is 20.2 Å². The van der Waals surface area contributed by atoms with Gasteiger partial charge in [-0.1, -0.05) is 12.8 Å². The predicted octanol–water partition coefficient (Wildman–Crippen LogP) is 1.73. The highest BCUT2D eigenvalue weighted by Gasteiger charge is 2.37. The molecule has 2 amide bonds. The standard InChI is InChI=1S/C14H23N5O4/c1-14(2,3)23-13(22)19(18-8-15-16-9-18)11-7-5-4-6-10(11)17-12(20)21/h8-11,17H,4-7H2,1-3H3,(H,20,21). The fraction of sp³-hybridized carbons (Fsp3) is 0.714. The summed E-state index contributed by atoms with van der Waals surface area (Å²) < 4.78 is 6.91. The Kier molecular flexibility index (Phi) is 5.07. The van der Waals surface area contributed by atoms with Gasteiger partial charge in [0.2, 0.25) is 0 Å². The minimum atomic E-state index is -1.10. The molecule has 2 N–H and O–H groups in total. The van der Waals surface area contributed by atoms with Gasteiger partial charge in [-0.25, -0.2) is 19.3 Å². The molecule has 0 aliphatic heterocycles. The summed E-state index contributed by atoms with van der Waals surface area (Å²) in [5.41, 5.74) is -0.659. The van der Waals surface area contributed by atoms with Crippen molar-refractivity contribution in [2.45, 2.75) is 64.1 Å². The second-order valence-electron chi connectivity index (χ2n) is 6.57. The lowest BCUT2D eigenvalue weighted by Gasteiger charge is -2.39. The van der Waals surface area contributed by atoms with Crippen LogP contribution in [0.3, 0.4) is 0 Å². The molecular weight excluding hydrogens is 302 g/mol. The third-order valence-electron chi connectivity index (χ3n) is 3.59. The van der Waals surface area contributed by atoms with Crippen LogP contribution in [0.4, 0.5) is 9.59 Å². The van der Waals surface area contributed by atoms with Gasteiger partial charge in [-0.15, -0.1) is 10.2 Å². The first kappa shape index (κ1) is 17.0. The maximum absolute atomic E-state index is 12.6. The van der Waals surface area contributed by atoms with Gasteiger partial charge >= 0.3 is 12.2 Å². The van der Waals surface area contributed by atoms with Gasteiger partial charge in [0.05, 0.1) is 12.1 Å².